The van der Waals surface area contributed by atoms with E-state index >= 15 is 0 Å². The van der Waals surface area contributed by atoms with E-state index in [0.717, 1.165) is 51.9 Å². The van der Waals surface area contributed by atoms with Gasteiger partial charge in [0, 0.05) is 32.1 Å². The van der Waals surface area contributed by atoms with Gasteiger partial charge in [0.25, 0.3) is 0 Å². The van der Waals surface area contributed by atoms with Crippen molar-refractivity contribution in [1.29, 1.82) is 0 Å². The maximum atomic E-state index is 11.5. The molecule has 0 spiro atoms. The molecule has 0 unspecified atom stereocenters. The number of nitrogens with one attached hydrogen (secondary N) is 1. The smallest absolute Gasteiger partial charge is 0.223 e. The second-order valence-electron chi connectivity index (χ2n) is 5.71. The third kappa shape index (κ3) is 3.35. The quantitative estimate of drug-likeness (QED) is 0.819. The average Bonchev–Trinajstić information content (AvgIpc) is 3.28. The normalized spacial score (nSPS) is 18.9. The molecule has 3 heteroatoms. The minimum Gasteiger partial charge on any atom is -0.356 e. The number of amides is 1. The number of hydrogen-bond donors (Lipinski definition) is 1. The molecular weight excluding hydrogens is 236 g/mol. The maximum Gasteiger partial charge on any atom is 0.223 e. The standard InChI is InChI=1S/C16H22N2O/c19-16(14-6-7-14)17-9-3-10-18-11-8-13-4-1-2-5-15(13)12-18/h1-2,4-5,14H,3,6-12H2,(H,17,19). The topological polar surface area (TPSA) is 32.3 Å². The Bertz CT molecular complexity index is 454. The van der Waals surface area contributed by atoms with Gasteiger partial charge in [-0.2, -0.15) is 0 Å². The predicted octanol–water partition coefficient (Wildman–Crippen LogP) is 1.96. The second-order valence-corrected chi connectivity index (χ2v) is 5.71. The lowest BCUT2D eigenvalue weighted by Crippen LogP contribution is -2.34. The van der Waals surface area contributed by atoms with Crippen molar-refractivity contribution in [1.82, 2.24) is 10.2 Å². The van der Waals surface area contributed by atoms with Crippen LogP contribution in [0.15, 0.2) is 24.3 Å². The molecule has 1 N–H and O–H groups in total. The molecular formula is C16H22N2O. The molecule has 2 aliphatic rings. The molecule has 1 fully saturated rings. The molecule has 1 aromatic carbocycles. The van der Waals surface area contributed by atoms with Gasteiger partial charge in [-0.25, -0.2) is 0 Å². The number of fused-ring (bicyclic) bond motifs is 1. The van der Waals surface area contributed by atoms with Crippen LogP contribution in [0, 0.1) is 5.92 Å². The van der Waals surface area contributed by atoms with Crippen molar-refractivity contribution in [3.8, 4) is 0 Å². The lowest BCUT2D eigenvalue weighted by Gasteiger charge is -2.28. The molecule has 19 heavy (non-hydrogen) atoms. The van der Waals surface area contributed by atoms with E-state index in [2.05, 4.69) is 34.5 Å². The summed E-state index contributed by atoms with van der Waals surface area (Å²) in [5, 5.41) is 3.04. The van der Waals surface area contributed by atoms with E-state index in [4.69, 9.17) is 0 Å². The molecule has 0 bridgehead atoms. The van der Waals surface area contributed by atoms with E-state index in [1.165, 1.54) is 11.1 Å². The van der Waals surface area contributed by atoms with E-state index in [1.54, 1.807) is 0 Å². The van der Waals surface area contributed by atoms with E-state index in [1.807, 2.05) is 0 Å². The van der Waals surface area contributed by atoms with Crippen LogP contribution in [0.3, 0.4) is 0 Å². The molecule has 1 saturated carbocycles. The van der Waals surface area contributed by atoms with Crippen LogP contribution in [0.5, 0.6) is 0 Å². The summed E-state index contributed by atoms with van der Waals surface area (Å²) in [5.74, 6) is 0.603. The Labute approximate surface area is 115 Å². The molecule has 0 radical (unpaired) electrons. The van der Waals surface area contributed by atoms with Gasteiger partial charge in [-0.3, -0.25) is 9.69 Å². The number of carbonyl (C=O) groups is 1. The summed E-state index contributed by atoms with van der Waals surface area (Å²) in [6.07, 6.45) is 4.40. The van der Waals surface area contributed by atoms with Crippen LogP contribution in [-0.2, 0) is 17.8 Å². The first-order valence-corrected chi connectivity index (χ1v) is 7.40. The van der Waals surface area contributed by atoms with Gasteiger partial charge in [-0.15, -0.1) is 0 Å². The van der Waals surface area contributed by atoms with Crippen molar-refractivity contribution in [2.24, 2.45) is 5.92 Å². The number of nitrogens with zero attached hydrogens (tertiary/aromatic N) is 1. The molecule has 1 aliphatic heterocycles. The fraction of sp³-hybridized carbons (Fsp3) is 0.562. The summed E-state index contributed by atoms with van der Waals surface area (Å²) >= 11 is 0. The molecule has 1 aliphatic carbocycles. The van der Waals surface area contributed by atoms with Crippen LogP contribution in [0.4, 0.5) is 0 Å². The zero-order chi connectivity index (χ0) is 13.1. The third-order valence-electron chi connectivity index (χ3n) is 4.11. The maximum absolute atomic E-state index is 11.5. The summed E-state index contributed by atoms with van der Waals surface area (Å²) in [6.45, 7) is 4.12. The van der Waals surface area contributed by atoms with Crippen molar-refractivity contribution >= 4 is 5.91 Å². The van der Waals surface area contributed by atoms with Crippen LogP contribution in [0.1, 0.15) is 30.4 Å². The Morgan fingerprint density at radius 3 is 2.84 bits per heavy atom. The van der Waals surface area contributed by atoms with Crippen molar-refractivity contribution in [2.75, 3.05) is 19.6 Å². The van der Waals surface area contributed by atoms with Crippen molar-refractivity contribution < 1.29 is 4.79 Å². The van der Waals surface area contributed by atoms with Crippen LogP contribution < -0.4 is 5.32 Å². The van der Waals surface area contributed by atoms with Crippen molar-refractivity contribution in [2.45, 2.75) is 32.2 Å². The summed E-state index contributed by atoms with van der Waals surface area (Å²) in [5.41, 5.74) is 2.97. The Balaban J connectivity index is 1.38. The molecule has 102 valence electrons. The van der Waals surface area contributed by atoms with E-state index < -0.39 is 0 Å². The zero-order valence-electron chi connectivity index (χ0n) is 11.4. The largest absolute Gasteiger partial charge is 0.356 e. The minimum atomic E-state index is 0.268. The molecule has 1 aromatic rings. The first kappa shape index (κ1) is 12.7. The van der Waals surface area contributed by atoms with Crippen molar-refractivity contribution in [3.05, 3.63) is 35.4 Å². The second kappa shape index (κ2) is 5.74. The van der Waals surface area contributed by atoms with Crippen LogP contribution >= 0.6 is 0 Å². The number of benzene rings is 1. The highest BCUT2D eigenvalue weighted by atomic mass is 16.2. The van der Waals surface area contributed by atoms with Gasteiger partial charge in [-0.1, -0.05) is 24.3 Å². The number of carbonyl (C=O) groups excluding carboxylic acids is 1. The Morgan fingerprint density at radius 2 is 2.05 bits per heavy atom. The fourth-order valence-corrected chi connectivity index (χ4v) is 2.75. The molecule has 1 amide bonds. The third-order valence-corrected chi connectivity index (χ3v) is 4.11. The van der Waals surface area contributed by atoms with E-state index in [9.17, 15) is 4.79 Å². The molecule has 3 rings (SSSR count). The number of hydrogen-bond acceptors (Lipinski definition) is 2. The molecule has 3 nitrogen and oxygen atoms in total. The summed E-state index contributed by atoms with van der Waals surface area (Å²) < 4.78 is 0. The molecule has 1 heterocycles. The highest BCUT2D eigenvalue weighted by Crippen LogP contribution is 2.28. The fourth-order valence-electron chi connectivity index (χ4n) is 2.75. The predicted molar refractivity (Wildman–Crippen MR) is 75.8 cm³/mol. The van der Waals surface area contributed by atoms with E-state index in [0.29, 0.717) is 5.92 Å². The van der Waals surface area contributed by atoms with Gasteiger partial charge in [0.05, 0.1) is 0 Å². The van der Waals surface area contributed by atoms with Gasteiger partial charge in [0.15, 0.2) is 0 Å². The summed E-state index contributed by atoms with van der Waals surface area (Å²) in [6, 6.07) is 8.72. The monoisotopic (exact) mass is 258 g/mol. The lowest BCUT2D eigenvalue weighted by atomic mass is 10.00. The average molecular weight is 258 g/mol. The Morgan fingerprint density at radius 1 is 1.26 bits per heavy atom. The van der Waals surface area contributed by atoms with Gasteiger partial charge in [0.1, 0.15) is 0 Å². The van der Waals surface area contributed by atoms with Crippen LogP contribution in [0.2, 0.25) is 0 Å². The van der Waals surface area contributed by atoms with Gasteiger partial charge < -0.3 is 5.32 Å². The SMILES string of the molecule is O=C(NCCCN1CCc2ccccc2C1)C1CC1. The van der Waals surface area contributed by atoms with Gasteiger partial charge in [0.2, 0.25) is 5.91 Å². The van der Waals surface area contributed by atoms with Gasteiger partial charge >= 0.3 is 0 Å². The van der Waals surface area contributed by atoms with E-state index in [-0.39, 0.29) is 5.91 Å². The Hall–Kier alpha value is -1.35. The Kier molecular flexibility index (Phi) is 3.83. The first-order valence-electron chi connectivity index (χ1n) is 7.40. The molecule has 0 aromatic heterocycles. The minimum absolute atomic E-state index is 0.268. The lowest BCUT2D eigenvalue weighted by molar-refractivity contribution is -0.122. The first-order chi connectivity index (χ1) is 9.33. The summed E-state index contributed by atoms with van der Waals surface area (Å²) in [7, 11) is 0. The highest BCUT2D eigenvalue weighted by molar-refractivity contribution is 5.80. The highest BCUT2D eigenvalue weighted by Gasteiger charge is 2.29. The van der Waals surface area contributed by atoms with Crippen LogP contribution in [0.25, 0.3) is 0 Å². The number of rotatable bonds is 5. The van der Waals surface area contributed by atoms with Crippen molar-refractivity contribution in [3.63, 3.8) is 0 Å². The zero-order valence-corrected chi connectivity index (χ0v) is 11.4. The molecule has 0 saturated heterocycles. The van der Waals surface area contributed by atoms with Crippen LogP contribution in [-0.4, -0.2) is 30.4 Å². The summed E-state index contributed by atoms with van der Waals surface area (Å²) in [4.78, 5) is 14.0. The van der Waals surface area contributed by atoms with Gasteiger partial charge in [-0.05, 0) is 36.8 Å². The molecule has 0 atom stereocenters.